The summed E-state index contributed by atoms with van der Waals surface area (Å²) in [6, 6.07) is 0. The van der Waals surface area contributed by atoms with Gasteiger partial charge in [-0.05, 0) is 6.42 Å². The van der Waals surface area contributed by atoms with Gasteiger partial charge in [-0.1, -0.05) is 13.5 Å². The van der Waals surface area contributed by atoms with Gasteiger partial charge in [0.15, 0.2) is 0 Å². The number of rotatable bonds is 3. The largest absolute Gasteiger partial charge is 0.478 e. The molecule has 0 aromatic carbocycles. The van der Waals surface area contributed by atoms with Gasteiger partial charge in [-0.15, -0.1) is 0 Å². The maximum atomic E-state index is 10.1. The molecule has 3 nitrogen and oxygen atoms in total. The highest BCUT2D eigenvalue weighted by atomic mass is 16.4. The second kappa shape index (κ2) is 3.02. The summed E-state index contributed by atoms with van der Waals surface area (Å²) in [5.74, 6) is -1.11. The lowest BCUT2D eigenvalue weighted by molar-refractivity contribution is -0.132. The first kappa shape index (κ1) is 7.88. The molecule has 0 rings (SSSR count). The molecule has 0 spiro atoms. The van der Waals surface area contributed by atoms with Gasteiger partial charge in [-0.2, -0.15) is 0 Å². The molecule has 0 bridgehead atoms. The third-order valence-corrected chi connectivity index (χ3v) is 0.976. The fourth-order valence-electron chi connectivity index (χ4n) is 0.342. The van der Waals surface area contributed by atoms with E-state index in [1.54, 1.807) is 6.92 Å². The molecule has 2 N–H and O–H groups in total. The van der Waals surface area contributed by atoms with Crippen molar-refractivity contribution in [1.29, 1.82) is 5.41 Å². The summed E-state index contributed by atoms with van der Waals surface area (Å²) in [6.45, 7) is 4.92. The monoisotopic (exact) mass is 127 g/mol. The Morgan fingerprint density at radius 2 is 2.22 bits per heavy atom. The minimum Gasteiger partial charge on any atom is -0.478 e. The fourth-order valence-corrected chi connectivity index (χ4v) is 0.342. The fraction of sp³-hybridized carbons (Fsp3) is 0.333. The van der Waals surface area contributed by atoms with Crippen LogP contribution in [0.1, 0.15) is 13.3 Å². The van der Waals surface area contributed by atoms with Gasteiger partial charge in [0.2, 0.25) is 0 Å². The van der Waals surface area contributed by atoms with E-state index in [-0.39, 0.29) is 11.3 Å². The van der Waals surface area contributed by atoms with E-state index in [1.807, 2.05) is 0 Å². The first-order valence-corrected chi connectivity index (χ1v) is 2.59. The van der Waals surface area contributed by atoms with Crippen molar-refractivity contribution in [3.8, 4) is 0 Å². The Hall–Kier alpha value is -1.12. The predicted molar refractivity (Wildman–Crippen MR) is 34.8 cm³/mol. The van der Waals surface area contributed by atoms with Crippen molar-refractivity contribution >= 4 is 11.7 Å². The second-order valence-electron chi connectivity index (χ2n) is 1.62. The molecule has 0 radical (unpaired) electrons. The van der Waals surface area contributed by atoms with Gasteiger partial charge in [-0.3, -0.25) is 0 Å². The van der Waals surface area contributed by atoms with Crippen LogP contribution >= 0.6 is 0 Å². The first-order chi connectivity index (χ1) is 4.09. The molecule has 0 aliphatic heterocycles. The standard InChI is InChI=1S/C6H9NO2/c1-3-5(7)4(2)6(8)9/h7H,2-3H2,1H3,(H,8,9). The Kier molecular flexibility index (Phi) is 2.64. The van der Waals surface area contributed by atoms with Crippen LogP contribution in [0.5, 0.6) is 0 Å². The lowest BCUT2D eigenvalue weighted by Gasteiger charge is -1.96. The molecule has 0 saturated heterocycles. The number of nitrogens with one attached hydrogen (secondary N) is 1. The predicted octanol–water partition coefficient (Wildman–Crippen LogP) is 1.06. The van der Waals surface area contributed by atoms with Crippen LogP contribution in [0.3, 0.4) is 0 Å². The number of hydrogen-bond donors (Lipinski definition) is 2. The summed E-state index contributed by atoms with van der Waals surface area (Å²) in [5, 5.41) is 15.2. The van der Waals surface area contributed by atoms with E-state index in [0.717, 1.165) is 0 Å². The quantitative estimate of drug-likeness (QED) is 0.439. The number of carboxylic acid groups (broad SMARTS) is 1. The molecule has 0 aliphatic carbocycles. The molecule has 0 saturated carbocycles. The molecular weight excluding hydrogens is 118 g/mol. The van der Waals surface area contributed by atoms with Crippen molar-refractivity contribution in [3.05, 3.63) is 12.2 Å². The lowest BCUT2D eigenvalue weighted by atomic mass is 10.1. The second-order valence-corrected chi connectivity index (χ2v) is 1.62. The summed E-state index contributed by atoms with van der Waals surface area (Å²) in [5.41, 5.74) is -0.0278. The molecule has 0 fully saturated rings. The van der Waals surface area contributed by atoms with Gasteiger partial charge in [0.1, 0.15) is 0 Å². The highest BCUT2D eigenvalue weighted by molar-refractivity contribution is 6.17. The SMILES string of the molecule is C=C(C(=N)CC)C(=O)O. The van der Waals surface area contributed by atoms with Gasteiger partial charge in [0, 0.05) is 5.71 Å². The van der Waals surface area contributed by atoms with Crippen LogP contribution in [0.15, 0.2) is 12.2 Å². The van der Waals surface area contributed by atoms with Crippen molar-refractivity contribution in [2.75, 3.05) is 0 Å². The van der Waals surface area contributed by atoms with E-state index in [0.29, 0.717) is 6.42 Å². The van der Waals surface area contributed by atoms with E-state index < -0.39 is 5.97 Å². The third-order valence-electron chi connectivity index (χ3n) is 0.976. The van der Waals surface area contributed by atoms with Gasteiger partial charge in [0.25, 0.3) is 0 Å². The Morgan fingerprint density at radius 1 is 1.78 bits per heavy atom. The van der Waals surface area contributed by atoms with Gasteiger partial charge in [0.05, 0.1) is 5.57 Å². The van der Waals surface area contributed by atoms with Crippen LogP contribution in [0.25, 0.3) is 0 Å². The van der Waals surface area contributed by atoms with Crippen molar-refractivity contribution in [3.63, 3.8) is 0 Å². The Morgan fingerprint density at radius 3 is 2.33 bits per heavy atom. The summed E-state index contributed by atoms with van der Waals surface area (Å²) in [7, 11) is 0. The van der Waals surface area contributed by atoms with Crippen molar-refractivity contribution < 1.29 is 9.90 Å². The van der Waals surface area contributed by atoms with Crippen LogP contribution < -0.4 is 0 Å². The van der Waals surface area contributed by atoms with Crippen LogP contribution in [0, 0.1) is 5.41 Å². The van der Waals surface area contributed by atoms with Gasteiger partial charge in [-0.25, -0.2) is 4.79 Å². The number of aliphatic carboxylic acids is 1. The minimum atomic E-state index is -1.11. The molecule has 50 valence electrons. The molecule has 3 heteroatoms. The summed E-state index contributed by atoms with van der Waals surface area (Å²) < 4.78 is 0. The third kappa shape index (κ3) is 2.08. The van der Waals surface area contributed by atoms with E-state index >= 15 is 0 Å². The number of carbonyl (C=O) groups is 1. The van der Waals surface area contributed by atoms with E-state index in [1.165, 1.54) is 0 Å². The zero-order valence-electron chi connectivity index (χ0n) is 5.27. The molecule has 0 heterocycles. The van der Waals surface area contributed by atoms with Gasteiger partial charge >= 0.3 is 5.97 Å². The smallest absolute Gasteiger partial charge is 0.336 e. The van der Waals surface area contributed by atoms with Gasteiger partial charge < -0.3 is 10.5 Å². The van der Waals surface area contributed by atoms with E-state index in [2.05, 4.69) is 6.58 Å². The molecule has 0 atom stereocenters. The average molecular weight is 127 g/mol. The molecule has 0 aromatic heterocycles. The maximum Gasteiger partial charge on any atom is 0.336 e. The molecule has 0 unspecified atom stereocenters. The van der Waals surface area contributed by atoms with Crippen molar-refractivity contribution in [1.82, 2.24) is 0 Å². The number of hydrogen-bond acceptors (Lipinski definition) is 2. The molecule has 0 aliphatic rings. The first-order valence-electron chi connectivity index (χ1n) is 2.59. The summed E-state index contributed by atoms with van der Waals surface area (Å²) in [6.07, 6.45) is 0.422. The van der Waals surface area contributed by atoms with E-state index in [4.69, 9.17) is 10.5 Å². The van der Waals surface area contributed by atoms with Crippen LogP contribution in [0.2, 0.25) is 0 Å². The Labute approximate surface area is 53.5 Å². The van der Waals surface area contributed by atoms with Crippen molar-refractivity contribution in [2.24, 2.45) is 0 Å². The molecular formula is C6H9NO2. The number of carboxylic acids is 1. The topological polar surface area (TPSA) is 61.2 Å². The molecule has 0 amide bonds. The normalized spacial score (nSPS) is 8.56. The summed E-state index contributed by atoms with van der Waals surface area (Å²) >= 11 is 0. The van der Waals surface area contributed by atoms with Crippen LogP contribution in [-0.4, -0.2) is 16.8 Å². The van der Waals surface area contributed by atoms with Crippen molar-refractivity contribution in [2.45, 2.75) is 13.3 Å². The van der Waals surface area contributed by atoms with Crippen LogP contribution in [0.4, 0.5) is 0 Å². The Balaban J connectivity index is 4.05. The minimum absolute atomic E-state index is 0.0856. The highest BCUT2D eigenvalue weighted by Gasteiger charge is 2.06. The Bertz CT molecular complexity index is 160. The maximum absolute atomic E-state index is 10.1. The van der Waals surface area contributed by atoms with E-state index in [9.17, 15) is 4.79 Å². The zero-order chi connectivity index (χ0) is 7.44. The summed E-state index contributed by atoms with van der Waals surface area (Å²) in [4.78, 5) is 10.1. The lowest BCUT2D eigenvalue weighted by Crippen LogP contribution is -2.08. The zero-order valence-corrected chi connectivity index (χ0v) is 5.27. The molecule has 0 aromatic rings. The molecule has 9 heavy (non-hydrogen) atoms. The van der Waals surface area contributed by atoms with Crippen LogP contribution in [-0.2, 0) is 4.79 Å². The highest BCUT2D eigenvalue weighted by Crippen LogP contribution is 1.95. The average Bonchev–Trinajstić information content (AvgIpc) is 1.84.